The zero-order valence-electron chi connectivity index (χ0n) is 10.8. The third-order valence-corrected chi connectivity index (χ3v) is 3.43. The average Bonchev–Trinajstić information content (AvgIpc) is 2.83. The Balaban J connectivity index is 1.93. The highest BCUT2D eigenvalue weighted by atomic mass is 32.1. The van der Waals surface area contributed by atoms with Gasteiger partial charge in [0.1, 0.15) is 0 Å². The highest BCUT2D eigenvalue weighted by molar-refractivity contribution is 7.13. The zero-order chi connectivity index (χ0) is 13.7. The van der Waals surface area contributed by atoms with Gasteiger partial charge in [0, 0.05) is 5.38 Å². The number of anilines is 1. The molecule has 0 aliphatic rings. The summed E-state index contributed by atoms with van der Waals surface area (Å²) >= 11 is 1.46. The first-order valence-electron chi connectivity index (χ1n) is 6.15. The van der Waals surface area contributed by atoms with Crippen molar-refractivity contribution in [1.82, 2.24) is 4.98 Å². The van der Waals surface area contributed by atoms with Crippen LogP contribution in [-0.2, 0) is 17.6 Å². The SMILES string of the molecule is CCOC(=O)c1ccc(CCc2csc(N)n2)cc1. The van der Waals surface area contributed by atoms with Gasteiger partial charge in [-0.3, -0.25) is 0 Å². The van der Waals surface area contributed by atoms with Gasteiger partial charge in [-0.15, -0.1) is 11.3 Å². The Morgan fingerprint density at radius 1 is 1.32 bits per heavy atom. The maximum absolute atomic E-state index is 11.5. The number of aryl methyl sites for hydroxylation is 2. The zero-order valence-corrected chi connectivity index (χ0v) is 11.6. The predicted molar refractivity (Wildman–Crippen MR) is 76.3 cm³/mol. The fourth-order valence-corrected chi connectivity index (χ4v) is 2.33. The van der Waals surface area contributed by atoms with E-state index in [4.69, 9.17) is 10.5 Å². The fraction of sp³-hybridized carbons (Fsp3) is 0.286. The van der Waals surface area contributed by atoms with Crippen molar-refractivity contribution in [2.45, 2.75) is 19.8 Å². The van der Waals surface area contributed by atoms with Crippen molar-refractivity contribution in [2.75, 3.05) is 12.3 Å². The lowest BCUT2D eigenvalue weighted by Gasteiger charge is -2.03. The van der Waals surface area contributed by atoms with Gasteiger partial charge in [0.05, 0.1) is 17.9 Å². The topological polar surface area (TPSA) is 65.2 Å². The Morgan fingerprint density at radius 2 is 2.05 bits per heavy atom. The molecule has 0 aliphatic heterocycles. The van der Waals surface area contributed by atoms with Crippen LogP contribution in [0.2, 0.25) is 0 Å². The van der Waals surface area contributed by atoms with Gasteiger partial charge in [-0.25, -0.2) is 9.78 Å². The molecule has 4 nitrogen and oxygen atoms in total. The Kier molecular flexibility index (Phi) is 4.52. The molecule has 0 fully saturated rings. The van der Waals surface area contributed by atoms with Gasteiger partial charge in [0.15, 0.2) is 5.13 Å². The van der Waals surface area contributed by atoms with E-state index in [2.05, 4.69) is 4.98 Å². The molecule has 0 saturated carbocycles. The van der Waals surface area contributed by atoms with Crippen LogP contribution in [0.15, 0.2) is 29.6 Å². The molecule has 0 spiro atoms. The molecule has 2 N–H and O–H groups in total. The third-order valence-electron chi connectivity index (χ3n) is 2.70. The van der Waals surface area contributed by atoms with Crippen LogP contribution in [-0.4, -0.2) is 17.6 Å². The number of rotatable bonds is 5. The number of nitrogens with zero attached hydrogens (tertiary/aromatic N) is 1. The Labute approximate surface area is 116 Å². The summed E-state index contributed by atoms with van der Waals surface area (Å²) in [5.41, 5.74) is 8.35. The molecule has 1 aromatic heterocycles. The van der Waals surface area contributed by atoms with Crippen molar-refractivity contribution in [1.29, 1.82) is 0 Å². The molecule has 100 valence electrons. The molecular weight excluding hydrogens is 260 g/mol. The van der Waals surface area contributed by atoms with Crippen LogP contribution >= 0.6 is 11.3 Å². The number of carbonyl (C=O) groups excluding carboxylic acids is 1. The molecule has 5 heteroatoms. The number of nitrogens with two attached hydrogens (primary N) is 1. The number of thiazole rings is 1. The van der Waals surface area contributed by atoms with Crippen molar-refractivity contribution in [3.8, 4) is 0 Å². The van der Waals surface area contributed by atoms with Crippen LogP contribution in [0.4, 0.5) is 5.13 Å². The van der Waals surface area contributed by atoms with E-state index in [9.17, 15) is 4.79 Å². The summed E-state index contributed by atoms with van der Waals surface area (Å²) in [4.78, 5) is 15.7. The summed E-state index contributed by atoms with van der Waals surface area (Å²) < 4.78 is 4.94. The lowest BCUT2D eigenvalue weighted by atomic mass is 10.1. The predicted octanol–water partition coefficient (Wildman–Crippen LogP) is 2.69. The van der Waals surface area contributed by atoms with Crippen molar-refractivity contribution in [3.05, 3.63) is 46.5 Å². The number of aromatic nitrogens is 1. The minimum Gasteiger partial charge on any atom is -0.462 e. The average molecular weight is 276 g/mol. The van der Waals surface area contributed by atoms with E-state index in [1.54, 1.807) is 19.1 Å². The van der Waals surface area contributed by atoms with Crippen LogP contribution in [0, 0.1) is 0 Å². The second-order valence-corrected chi connectivity index (χ2v) is 4.98. The first kappa shape index (κ1) is 13.5. The summed E-state index contributed by atoms with van der Waals surface area (Å²) in [5, 5.41) is 2.58. The van der Waals surface area contributed by atoms with Crippen molar-refractivity contribution < 1.29 is 9.53 Å². The summed E-state index contributed by atoms with van der Waals surface area (Å²) in [6.45, 7) is 2.19. The number of hydrogen-bond acceptors (Lipinski definition) is 5. The molecule has 1 heterocycles. The summed E-state index contributed by atoms with van der Waals surface area (Å²) in [6.07, 6.45) is 1.73. The molecule has 0 amide bonds. The highest BCUT2D eigenvalue weighted by Crippen LogP contribution is 2.14. The first-order valence-corrected chi connectivity index (χ1v) is 7.03. The van der Waals surface area contributed by atoms with Crippen molar-refractivity contribution in [3.63, 3.8) is 0 Å². The quantitative estimate of drug-likeness (QED) is 0.853. The molecule has 2 rings (SSSR count). The monoisotopic (exact) mass is 276 g/mol. The highest BCUT2D eigenvalue weighted by Gasteiger charge is 2.06. The lowest BCUT2D eigenvalue weighted by Crippen LogP contribution is -2.04. The van der Waals surface area contributed by atoms with Gasteiger partial charge in [-0.2, -0.15) is 0 Å². The van der Waals surface area contributed by atoms with Crippen LogP contribution in [0.1, 0.15) is 28.5 Å². The van der Waals surface area contributed by atoms with E-state index in [0.29, 0.717) is 17.3 Å². The van der Waals surface area contributed by atoms with Gasteiger partial charge in [-0.05, 0) is 37.5 Å². The maximum atomic E-state index is 11.5. The number of ether oxygens (including phenoxy) is 1. The van der Waals surface area contributed by atoms with Gasteiger partial charge in [0.25, 0.3) is 0 Å². The molecule has 0 aliphatic carbocycles. The maximum Gasteiger partial charge on any atom is 0.338 e. The number of nitrogen functional groups attached to an aromatic ring is 1. The molecule has 0 unspecified atom stereocenters. The molecule has 0 radical (unpaired) electrons. The number of hydrogen-bond donors (Lipinski definition) is 1. The Morgan fingerprint density at radius 3 is 2.63 bits per heavy atom. The van der Waals surface area contributed by atoms with Crippen molar-refractivity contribution >= 4 is 22.4 Å². The van der Waals surface area contributed by atoms with E-state index in [-0.39, 0.29) is 5.97 Å². The Hall–Kier alpha value is -1.88. The van der Waals surface area contributed by atoms with Crippen LogP contribution in [0.25, 0.3) is 0 Å². The number of carbonyl (C=O) groups is 1. The largest absolute Gasteiger partial charge is 0.462 e. The first-order chi connectivity index (χ1) is 9.19. The minimum atomic E-state index is -0.277. The minimum absolute atomic E-state index is 0.277. The molecule has 0 bridgehead atoms. The van der Waals surface area contributed by atoms with Gasteiger partial charge in [-0.1, -0.05) is 12.1 Å². The van der Waals surface area contributed by atoms with Crippen LogP contribution in [0.5, 0.6) is 0 Å². The van der Waals surface area contributed by atoms with Crippen molar-refractivity contribution in [2.24, 2.45) is 0 Å². The molecule has 0 atom stereocenters. The van der Waals surface area contributed by atoms with Gasteiger partial charge >= 0.3 is 5.97 Å². The van der Waals surface area contributed by atoms with Crippen LogP contribution in [0.3, 0.4) is 0 Å². The normalized spacial score (nSPS) is 10.4. The molecule has 0 saturated heterocycles. The number of esters is 1. The van der Waals surface area contributed by atoms with E-state index < -0.39 is 0 Å². The number of benzene rings is 1. The fourth-order valence-electron chi connectivity index (χ4n) is 1.73. The van der Waals surface area contributed by atoms with Crippen LogP contribution < -0.4 is 5.73 Å². The van der Waals surface area contributed by atoms with E-state index in [1.165, 1.54) is 16.9 Å². The lowest BCUT2D eigenvalue weighted by molar-refractivity contribution is 0.0526. The Bertz CT molecular complexity index is 549. The smallest absolute Gasteiger partial charge is 0.338 e. The molecule has 1 aromatic carbocycles. The van der Waals surface area contributed by atoms with Gasteiger partial charge < -0.3 is 10.5 Å². The van der Waals surface area contributed by atoms with E-state index in [1.807, 2.05) is 17.5 Å². The molecule has 19 heavy (non-hydrogen) atoms. The second-order valence-electron chi connectivity index (χ2n) is 4.09. The molecule has 2 aromatic rings. The van der Waals surface area contributed by atoms with E-state index in [0.717, 1.165) is 18.5 Å². The summed E-state index contributed by atoms with van der Waals surface area (Å²) in [5.74, 6) is -0.277. The summed E-state index contributed by atoms with van der Waals surface area (Å²) in [7, 11) is 0. The second kappa shape index (κ2) is 6.33. The van der Waals surface area contributed by atoms with E-state index >= 15 is 0 Å². The summed E-state index contributed by atoms with van der Waals surface area (Å²) in [6, 6.07) is 7.48. The van der Waals surface area contributed by atoms with Gasteiger partial charge in [0.2, 0.25) is 0 Å². The third kappa shape index (κ3) is 3.79. The molecular formula is C14H16N2O2S. The standard InChI is InChI=1S/C14H16N2O2S/c1-2-18-13(17)11-6-3-10(4-7-11)5-8-12-9-19-14(15)16-12/h3-4,6-7,9H,2,5,8H2,1H3,(H2,15,16).